The highest BCUT2D eigenvalue weighted by Crippen LogP contribution is 2.07. The number of nitrogens with zero attached hydrogens (tertiary/aromatic N) is 3. The van der Waals surface area contributed by atoms with Crippen LogP contribution in [0.4, 0.5) is 5.82 Å². The molecule has 2 aromatic heterocycles. The van der Waals surface area contributed by atoms with Gasteiger partial charge in [0, 0.05) is 31.5 Å². The van der Waals surface area contributed by atoms with Crippen LogP contribution >= 0.6 is 0 Å². The Kier molecular flexibility index (Phi) is 5.20. The minimum atomic E-state index is -0.182. The quantitative estimate of drug-likeness (QED) is 0.847. The summed E-state index contributed by atoms with van der Waals surface area (Å²) in [6.45, 7) is 5.33. The summed E-state index contributed by atoms with van der Waals surface area (Å²) >= 11 is 0. The summed E-state index contributed by atoms with van der Waals surface area (Å²) in [7, 11) is 0. The van der Waals surface area contributed by atoms with Crippen molar-refractivity contribution < 1.29 is 4.79 Å². The maximum atomic E-state index is 11.9. The van der Waals surface area contributed by atoms with Gasteiger partial charge >= 0.3 is 0 Å². The monoisotopic (exact) mass is 285 g/mol. The van der Waals surface area contributed by atoms with E-state index in [0.717, 1.165) is 5.56 Å². The van der Waals surface area contributed by atoms with Crippen molar-refractivity contribution in [1.29, 1.82) is 0 Å². The summed E-state index contributed by atoms with van der Waals surface area (Å²) in [5.41, 5.74) is 1.46. The van der Waals surface area contributed by atoms with Crippen LogP contribution in [-0.4, -0.2) is 27.4 Å². The fourth-order valence-electron chi connectivity index (χ4n) is 1.66. The van der Waals surface area contributed by atoms with Crippen LogP contribution in [0.1, 0.15) is 29.9 Å². The second-order valence-corrected chi connectivity index (χ2v) is 5.10. The average Bonchev–Trinajstić information content (AvgIpc) is 2.52. The van der Waals surface area contributed by atoms with E-state index in [0.29, 0.717) is 30.5 Å². The molecule has 0 saturated carbocycles. The molecule has 0 radical (unpaired) electrons. The molecular weight excluding hydrogens is 266 g/mol. The van der Waals surface area contributed by atoms with Crippen LogP contribution in [0.2, 0.25) is 0 Å². The second-order valence-electron chi connectivity index (χ2n) is 5.10. The molecule has 0 fully saturated rings. The standard InChI is InChI=1S/C15H19N5O/c1-11(2)8-18-15(21)13-7-14(20-10-19-13)17-9-12-3-5-16-6-4-12/h3-7,10-11H,8-9H2,1-2H3,(H,18,21)(H,17,19,20). The summed E-state index contributed by atoms with van der Waals surface area (Å²) in [5, 5.41) is 6.00. The molecule has 6 heteroatoms. The maximum absolute atomic E-state index is 11.9. The minimum absolute atomic E-state index is 0.182. The molecule has 0 aromatic carbocycles. The molecular formula is C15H19N5O. The SMILES string of the molecule is CC(C)CNC(=O)c1cc(NCc2ccncc2)ncn1. The zero-order valence-corrected chi connectivity index (χ0v) is 12.2. The van der Waals surface area contributed by atoms with Gasteiger partial charge in [0.1, 0.15) is 17.8 Å². The molecule has 110 valence electrons. The van der Waals surface area contributed by atoms with Crippen LogP contribution in [0.15, 0.2) is 36.9 Å². The van der Waals surface area contributed by atoms with Gasteiger partial charge in [-0.25, -0.2) is 9.97 Å². The third kappa shape index (κ3) is 4.83. The number of hydrogen-bond donors (Lipinski definition) is 2. The number of carbonyl (C=O) groups excluding carboxylic acids is 1. The zero-order valence-electron chi connectivity index (χ0n) is 12.2. The topological polar surface area (TPSA) is 79.8 Å². The predicted molar refractivity (Wildman–Crippen MR) is 80.8 cm³/mol. The van der Waals surface area contributed by atoms with Gasteiger partial charge in [-0.15, -0.1) is 0 Å². The highest BCUT2D eigenvalue weighted by Gasteiger charge is 2.08. The van der Waals surface area contributed by atoms with Gasteiger partial charge in [0.15, 0.2) is 0 Å². The lowest BCUT2D eigenvalue weighted by Gasteiger charge is -2.09. The van der Waals surface area contributed by atoms with Crippen molar-refractivity contribution in [2.45, 2.75) is 20.4 Å². The van der Waals surface area contributed by atoms with Gasteiger partial charge in [-0.05, 0) is 23.6 Å². The highest BCUT2D eigenvalue weighted by molar-refractivity contribution is 5.92. The average molecular weight is 285 g/mol. The number of pyridine rings is 1. The Balaban J connectivity index is 1.96. The molecule has 2 heterocycles. The van der Waals surface area contributed by atoms with Crippen LogP contribution < -0.4 is 10.6 Å². The number of rotatable bonds is 6. The molecule has 0 aliphatic heterocycles. The molecule has 0 atom stereocenters. The van der Waals surface area contributed by atoms with E-state index >= 15 is 0 Å². The summed E-state index contributed by atoms with van der Waals surface area (Å²) in [4.78, 5) is 24.0. The Morgan fingerprint density at radius 2 is 2.00 bits per heavy atom. The molecule has 2 aromatic rings. The lowest BCUT2D eigenvalue weighted by atomic mass is 10.2. The van der Waals surface area contributed by atoms with Crippen molar-refractivity contribution in [3.63, 3.8) is 0 Å². The number of hydrogen-bond acceptors (Lipinski definition) is 5. The van der Waals surface area contributed by atoms with E-state index in [9.17, 15) is 4.79 Å². The molecule has 0 aliphatic rings. The van der Waals surface area contributed by atoms with E-state index in [4.69, 9.17) is 0 Å². The molecule has 0 aliphatic carbocycles. The smallest absolute Gasteiger partial charge is 0.270 e. The number of anilines is 1. The van der Waals surface area contributed by atoms with E-state index in [1.54, 1.807) is 18.5 Å². The van der Waals surface area contributed by atoms with Crippen molar-refractivity contribution >= 4 is 11.7 Å². The van der Waals surface area contributed by atoms with E-state index < -0.39 is 0 Å². The molecule has 0 spiro atoms. The number of amides is 1. The summed E-state index contributed by atoms with van der Waals surface area (Å²) in [6.07, 6.45) is 4.86. The molecule has 21 heavy (non-hydrogen) atoms. The van der Waals surface area contributed by atoms with Gasteiger partial charge in [0.25, 0.3) is 5.91 Å². The van der Waals surface area contributed by atoms with Gasteiger partial charge in [-0.3, -0.25) is 9.78 Å². The number of aromatic nitrogens is 3. The van der Waals surface area contributed by atoms with Gasteiger partial charge in [-0.2, -0.15) is 0 Å². The molecule has 2 N–H and O–H groups in total. The number of carbonyl (C=O) groups is 1. The Morgan fingerprint density at radius 3 is 2.71 bits per heavy atom. The lowest BCUT2D eigenvalue weighted by Crippen LogP contribution is -2.28. The van der Waals surface area contributed by atoms with Gasteiger partial charge in [0.2, 0.25) is 0 Å². The van der Waals surface area contributed by atoms with Crippen molar-refractivity contribution in [3.8, 4) is 0 Å². The Bertz CT molecular complexity index is 586. The van der Waals surface area contributed by atoms with E-state index in [2.05, 4.69) is 25.6 Å². The first-order chi connectivity index (χ1) is 10.1. The highest BCUT2D eigenvalue weighted by atomic mass is 16.1. The third-order valence-corrected chi connectivity index (χ3v) is 2.79. The van der Waals surface area contributed by atoms with Crippen LogP contribution in [-0.2, 0) is 6.54 Å². The van der Waals surface area contributed by atoms with Crippen molar-refractivity contribution in [2.75, 3.05) is 11.9 Å². The van der Waals surface area contributed by atoms with E-state index in [1.165, 1.54) is 6.33 Å². The third-order valence-electron chi connectivity index (χ3n) is 2.79. The van der Waals surface area contributed by atoms with Gasteiger partial charge in [-0.1, -0.05) is 13.8 Å². The first kappa shape index (κ1) is 14.9. The van der Waals surface area contributed by atoms with Crippen molar-refractivity contribution in [1.82, 2.24) is 20.3 Å². The maximum Gasteiger partial charge on any atom is 0.270 e. The minimum Gasteiger partial charge on any atom is -0.366 e. The summed E-state index contributed by atoms with van der Waals surface area (Å²) in [5.74, 6) is 0.842. The zero-order chi connectivity index (χ0) is 15.1. The second kappa shape index (κ2) is 7.33. The van der Waals surface area contributed by atoms with Gasteiger partial charge < -0.3 is 10.6 Å². The largest absolute Gasteiger partial charge is 0.366 e. The molecule has 0 bridgehead atoms. The normalized spacial score (nSPS) is 10.4. The van der Waals surface area contributed by atoms with E-state index in [-0.39, 0.29) is 5.91 Å². The molecule has 1 amide bonds. The van der Waals surface area contributed by atoms with Crippen LogP contribution in [0.5, 0.6) is 0 Å². The van der Waals surface area contributed by atoms with Crippen molar-refractivity contribution in [3.05, 3.63) is 48.2 Å². The Labute approximate surface area is 124 Å². The fraction of sp³-hybridized carbons (Fsp3) is 0.333. The molecule has 0 unspecified atom stereocenters. The molecule has 6 nitrogen and oxygen atoms in total. The molecule has 2 rings (SSSR count). The summed E-state index contributed by atoms with van der Waals surface area (Å²) in [6, 6.07) is 5.49. The first-order valence-corrected chi connectivity index (χ1v) is 6.88. The fourth-order valence-corrected chi connectivity index (χ4v) is 1.66. The van der Waals surface area contributed by atoms with Crippen LogP contribution in [0, 0.1) is 5.92 Å². The van der Waals surface area contributed by atoms with Crippen LogP contribution in [0.3, 0.4) is 0 Å². The van der Waals surface area contributed by atoms with Crippen molar-refractivity contribution in [2.24, 2.45) is 5.92 Å². The Hall–Kier alpha value is -2.50. The predicted octanol–water partition coefficient (Wildman–Crippen LogP) is 1.87. The first-order valence-electron chi connectivity index (χ1n) is 6.88. The summed E-state index contributed by atoms with van der Waals surface area (Å²) < 4.78 is 0. The van der Waals surface area contributed by atoms with E-state index in [1.807, 2.05) is 26.0 Å². The Morgan fingerprint density at radius 1 is 1.24 bits per heavy atom. The van der Waals surface area contributed by atoms with Crippen LogP contribution in [0.25, 0.3) is 0 Å². The molecule has 0 saturated heterocycles. The number of nitrogens with one attached hydrogen (secondary N) is 2. The lowest BCUT2D eigenvalue weighted by molar-refractivity contribution is 0.0944. The van der Waals surface area contributed by atoms with Gasteiger partial charge in [0.05, 0.1) is 0 Å².